The summed E-state index contributed by atoms with van der Waals surface area (Å²) in [6.07, 6.45) is -0.844. The third-order valence-electron chi connectivity index (χ3n) is 9.24. The van der Waals surface area contributed by atoms with E-state index in [-0.39, 0.29) is 207 Å². The maximum absolute atomic E-state index is 14.1. The molecular formula is C43H35BrCl4Cs2F6N6O7. The average Bonchev–Trinajstić information content (AvgIpc) is 3.94. The number of alkyl halides is 7. The van der Waals surface area contributed by atoms with E-state index in [0.29, 0.717) is 38.7 Å². The molecule has 0 fully saturated rings. The van der Waals surface area contributed by atoms with Crippen molar-refractivity contribution >= 4 is 91.9 Å². The van der Waals surface area contributed by atoms with Crippen molar-refractivity contribution in [2.45, 2.75) is 50.2 Å². The summed E-state index contributed by atoms with van der Waals surface area (Å²) in [7, 11) is 0. The molecule has 2 aliphatic rings. The number of nitrogens with two attached hydrogens (primary N) is 2. The van der Waals surface area contributed by atoms with Crippen molar-refractivity contribution in [3.63, 3.8) is 0 Å². The third kappa shape index (κ3) is 17.4. The Kier molecular flexibility index (Phi) is 28.2. The Bertz CT molecular complexity index is 2620. The number of aryl methyl sites for hydroxylation is 2. The Balaban J connectivity index is 0.00000114. The fourth-order valence-electron chi connectivity index (χ4n) is 6.19. The van der Waals surface area contributed by atoms with Crippen LogP contribution in [0.1, 0.15) is 58.8 Å². The van der Waals surface area contributed by atoms with Crippen molar-refractivity contribution in [3.05, 3.63) is 137 Å². The fraction of sp³-hybridized carbons (Fsp3) is 0.233. The van der Waals surface area contributed by atoms with Gasteiger partial charge in [0.25, 0.3) is 17.7 Å². The van der Waals surface area contributed by atoms with Gasteiger partial charge in [0.1, 0.15) is 0 Å². The Labute approximate surface area is 539 Å². The zero-order valence-electron chi connectivity index (χ0n) is 37.5. The van der Waals surface area contributed by atoms with Gasteiger partial charge in [-0.25, -0.2) is 0 Å². The summed E-state index contributed by atoms with van der Waals surface area (Å²) in [5.74, 6) is 4.58. The van der Waals surface area contributed by atoms with Gasteiger partial charge in [-0.1, -0.05) is 119 Å². The number of terminal acetylenes is 2. The summed E-state index contributed by atoms with van der Waals surface area (Å²) < 4.78 is 84.3. The summed E-state index contributed by atoms with van der Waals surface area (Å²) in [6, 6.07) is 16.8. The number of rotatable bonds is 9. The number of hydrogen-bond donors (Lipinski definition) is 3. The third-order valence-corrected chi connectivity index (χ3v) is 10.4. The number of nitrogens with zero attached hydrogens (tertiary/aromatic N) is 4. The first-order chi connectivity index (χ1) is 31.5. The molecular weight excluding hydrogens is 1310 g/mol. The Morgan fingerprint density at radius 3 is 1.45 bits per heavy atom. The van der Waals surface area contributed by atoms with Crippen LogP contribution >= 0.6 is 62.3 Å². The zero-order valence-corrected chi connectivity index (χ0v) is 53.7. The first-order valence-electron chi connectivity index (χ1n) is 18.4. The van der Waals surface area contributed by atoms with E-state index >= 15 is 0 Å². The second-order valence-electron chi connectivity index (χ2n) is 13.6. The Morgan fingerprint density at radius 1 is 0.797 bits per heavy atom. The van der Waals surface area contributed by atoms with Crippen LogP contribution in [0.5, 0.6) is 0 Å². The minimum atomic E-state index is -4.77. The van der Waals surface area contributed by atoms with Crippen molar-refractivity contribution in [2.75, 3.05) is 11.9 Å². The van der Waals surface area contributed by atoms with E-state index in [1.54, 1.807) is 38.1 Å². The van der Waals surface area contributed by atoms with Gasteiger partial charge in [-0.2, -0.15) is 26.3 Å². The first kappa shape index (κ1) is 65.2. The van der Waals surface area contributed by atoms with Crippen molar-refractivity contribution < 1.29 is 200 Å². The molecule has 2 heterocycles. The molecule has 0 aliphatic carbocycles. The Morgan fingerprint density at radius 2 is 1.16 bits per heavy atom. The molecule has 6 rings (SSSR count). The van der Waals surface area contributed by atoms with Crippen LogP contribution in [-0.4, -0.2) is 59.1 Å². The van der Waals surface area contributed by atoms with E-state index in [9.17, 15) is 26.3 Å². The maximum Gasteiger partial charge on any atom is 1.00 e. The second-order valence-corrected chi connectivity index (χ2v) is 15.9. The molecule has 69 heavy (non-hydrogen) atoms. The number of halogens is 11. The molecule has 2 unspecified atom stereocenters. The summed E-state index contributed by atoms with van der Waals surface area (Å²) in [5.41, 5.74) is 8.91. The van der Waals surface area contributed by atoms with Crippen LogP contribution < -0.4 is 155 Å². The van der Waals surface area contributed by atoms with E-state index in [1.165, 1.54) is 36.4 Å². The number of carbonyl (C=O) groups excluding carboxylic acids is 1. The van der Waals surface area contributed by atoms with Gasteiger partial charge in [0, 0.05) is 55.2 Å². The predicted molar refractivity (Wildman–Crippen MR) is 244 cm³/mol. The van der Waals surface area contributed by atoms with Crippen molar-refractivity contribution in [3.8, 4) is 24.7 Å². The standard InChI is InChI=1S/C21H16Cl2F3N3O2.C18H14Cl2F3N3O2.C3H3Br.CH2O3.2Cs.H/c1-3-6-30-29-19(27)17-5-4-13(7-12(17)2)18-11-20(31-28-18,21(24,25)26)14-8-15(22)10-16(23)9-14;1-9-4-10(2-3-14(9)16(24)25-27)15-8-17(28-26-15,18(21,22)23)11-5-12(19)7-13(20)6-11;1-2-3-4;2-1-4-3;;;/h1,4-5,7-10H,6,11H2,2H3,(H2,27,29);2-7,27H,8H2,1H3,(H2,24,25);1H,3H2;1,3H;;;/q;;;;2*+1;-1/p-1. The number of oxime groups is 4. The van der Waals surface area contributed by atoms with Crippen molar-refractivity contribution in [1.82, 2.24) is 0 Å². The van der Waals surface area contributed by atoms with Gasteiger partial charge in [0.15, 0.2) is 18.3 Å². The SMILES string of the molecule is C#CCBr.C#CCON=C(N)c1ccc(C2=NOC(c3cc(Cl)cc(Cl)c3)(C(F)(F)F)C2)cc1C.Cc1cc(C2=NOC(c3cc(Cl)cc(Cl)c3)(C(F)(F)F)C2)ccc1/C(N)=N/O.O=CO[O-].[Cs+].[Cs+].[H-]. The minimum absolute atomic E-state index is 0. The molecule has 0 saturated carbocycles. The van der Waals surface area contributed by atoms with Gasteiger partial charge in [-0.05, 0) is 84.6 Å². The molecule has 5 N–H and O–H groups in total. The fourth-order valence-corrected chi connectivity index (χ4v) is 7.25. The van der Waals surface area contributed by atoms with Crippen LogP contribution in [0.25, 0.3) is 0 Å². The molecule has 2 aliphatic heterocycles. The molecule has 0 amide bonds. The molecule has 4 aromatic carbocycles. The zero-order chi connectivity index (χ0) is 50.3. The van der Waals surface area contributed by atoms with E-state index in [0.717, 1.165) is 12.1 Å². The monoisotopic (exact) mass is 1350 g/mol. The predicted octanol–water partition coefficient (Wildman–Crippen LogP) is 3.70. The van der Waals surface area contributed by atoms with E-state index < -0.39 is 36.4 Å². The molecule has 26 heteroatoms. The maximum atomic E-state index is 14.1. The van der Waals surface area contributed by atoms with Crippen LogP contribution in [0.3, 0.4) is 0 Å². The van der Waals surface area contributed by atoms with Gasteiger partial charge in [0.05, 0.1) is 16.8 Å². The summed E-state index contributed by atoms with van der Waals surface area (Å²) in [5, 5.41) is 32.2. The van der Waals surface area contributed by atoms with Crippen LogP contribution in [-0.2, 0) is 35.4 Å². The van der Waals surface area contributed by atoms with Gasteiger partial charge in [0.2, 0.25) is 0 Å². The minimum Gasteiger partial charge on any atom is -1.00 e. The molecule has 0 aromatic heterocycles. The number of amidine groups is 2. The van der Waals surface area contributed by atoms with Crippen LogP contribution in [0.4, 0.5) is 26.3 Å². The molecule has 0 bridgehead atoms. The second kappa shape index (κ2) is 29.8. The summed E-state index contributed by atoms with van der Waals surface area (Å²) >= 11 is 26.6. The van der Waals surface area contributed by atoms with Crippen LogP contribution in [0.15, 0.2) is 93.4 Å². The van der Waals surface area contributed by atoms with E-state index in [1.807, 2.05) is 0 Å². The average molecular weight is 1350 g/mol. The molecule has 358 valence electrons. The van der Waals surface area contributed by atoms with Crippen LogP contribution in [0, 0.1) is 38.5 Å². The first-order valence-corrected chi connectivity index (χ1v) is 21.0. The molecule has 0 saturated heterocycles. The normalized spacial score (nSPS) is 17.2. The quantitative estimate of drug-likeness (QED) is 0.0214. The molecule has 13 nitrogen and oxygen atoms in total. The van der Waals surface area contributed by atoms with Gasteiger partial charge in [-0.15, -0.1) is 12.8 Å². The molecule has 4 aromatic rings. The Hall–Kier alpha value is -1.77. The van der Waals surface area contributed by atoms with E-state index in [2.05, 4.69) is 53.3 Å². The van der Waals surface area contributed by atoms with Crippen molar-refractivity contribution in [1.29, 1.82) is 0 Å². The van der Waals surface area contributed by atoms with Crippen molar-refractivity contribution in [2.24, 2.45) is 32.1 Å². The topological polar surface area (TPSA) is 199 Å². The van der Waals surface area contributed by atoms with Gasteiger partial charge < -0.3 is 42.8 Å². The number of benzene rings is 4. The molecule has 0 radical (unpaired) electrons. The molecule has 2 atom stereocenters. The summed E-state index contributed by atoms with van der Waals surface area (Å²) in [4.78, 5) is 26.1. The smallest absolute Gasteiger partial charge is 1.00 e. The molecule has 0 spiro atoms. The van der Waals surface area contributed by atoms with Gasteiger partial charge in [-0.3, -0.25) is 4.79 Å². The largest absolute Gasteiger partial charge is 1.00 e. The van der Waals surface area contributed by atoms with E-state index in [4.69, 9.17) is 100 Å². The van der Waals surface area contributed by atoms with Crippen LogP contribution in [0.2, 0.25) is 20.1 Å². The number of hydrogen-bond acceptors (Lipinski definition) is 11. The number of carbonyl (C=O) groups is 1. The summed E-state index contributed by atoms with van der Waals surface area (Å²) in [6.45, 7) is 3.19. The van der Waals surface area contributed by atoms with Gasteiger partial charge >= 0.3 is 150 Å².